The zero-order valence-electron chi connectivity index (χ0n) is 15.6. The molecule has 1 N–H and O–H groups in total. The predicted molar refractivity (Wildman–Crippen MR) is 99.4 cm³/mol. The molecule has 2 nitrogen and oxygen atoms in total. The second-order valence-electron chi connectivity index (χ2n) is 7.18. The van der Waals surface area contributed by atoms with Crippen LogP contribution in [0.5, 0.6) is 5.75 Å². The van der Waals surface area contributed by atoms with Crippen molar-refractivity contribution in [2.75, 3.05) is 0 Å². The Bertz CT molecular complexity index is 426. The first kappa shape index (κ1) is 20.0. The van der Waals surface area contributed by atoms with Gasteiger partial charge >= 0.3 is 0 Å². The minimum atomic E-state index is 0.354. The molecule has 0 aliphatic heterocycles. The second kappa shape index (κ2) is 11.5. The van der Waals surface area contributed by atoms with Gasteiger partial charge in [-0.3, -0.25) is 0 Å². The van der Waals surface area contributed by atoms with Crippen LogP contribution in [-0.2, 0) is 0 Å². The van der Waals surface area contributed by atoms with Crippen LogP contribution < -0.4 is 4.89 Å². The maximum atomic E-state index is 9.31. The Morgan fingerprint density at radius 3 is 2.00 bits per heavy atom. The summed E-state index contributed by atoms with van der Waals surface area (Å²) in [6.45, 7) is 8.76. The van der Waals surface area contributed by atoms with Crippen LogP contribution in [0.2, 0.25) is 0 Å². The van der Waals surface area contributed by atoms with Crippen molar-refractivity contribution < 1.29 is 10.1 Å². The predicted octanol–water partition coefficient (Wildman–Crippen LogP) is 7.30. The Hall–Kier alpha value is -1.02. The fourth-order valence-corrected chi connectivity index (χ4v) is 3.26. The second-order valence-corrected chi connectivity index (χ2v) is 7.18. The summed E-state index contributed by atoms with van der Waals surface area (Å²) in [5, 5.41) is 9.31. The van der Waals surface area contributed by atoms with Crippen LogP contribution in [0.4, 0.5) is 0 Å². The molecule has 0 fully saturated rings. The van der Waals surface area contributed by atoms with E-state index in [2.05, 4.69) is 39.8 Å². The Morgan fingerprint density at radius 1 is 0.870 bits per heavy atom. The summed E-state index contributed by atoms with van der Waals surface area (Å²) in [5.74, 6) is 1.46. The van der Waals surface area contributed by atoms with Gasteiger partial charge in [0.1, 0.15) is 0 Å². The van der Waals surface area contributed by atoms with Gasteiger partial charge < -0.3 is 4.89 Å². The molecule has 0 aromatic heterocycles. The quantitative estimate of drug-likeness (QED) is 0.249. The zero-order chi connectivity index (χ0) is 17.1. The molecule has 0 saturated heterocycles. The van der Waals surface area contributed by atoms with E-state index in [1.54, 1.807) is 0 Å². The van der Waals surface area contributed by atoms with Crippen LogP contribution in [-0.4, -0.2) is 5.26 Å². The summed E-state index contributed by atoms with van der Waals surface area (Å²) in [6, 6.07) is 6.22. The average Bonchev–Trinajstić information content (AvgIpc) is 2.56. The maximum Gasteiger partial charge on any atom is 0.172 e. The lowest BCUT2D eigenvalue weighted by molar-refractivity contribution is -0.139. The van der Waals surface area contributed by atoms with Crippen molar-refractivity contribution in [2.24, 2.45) is 0 Å². The van der Waals surface area contributed by atoms with Gasteiger partial charge in [0.2, 0.25) is 0 Å². The van der Waals surface area contributed by atoms with Crippen LogP contribution in [0.1, 0.15) is 108 Å². The van der Waals surface area contributed by atoms with Gasteiger partial charge in [0.25, 0.3) is 0 Å². The molecule has 1 rings (SSSR count). The molecule has 0 aliphatic carbocycles. The summed E-state index contributed by atoms with van der Waals surface area (Å²) in [5.41, 5.74) is 2.23. The summed E-state index contributed by atoms with van der Waals surface area (Å²) in [6.07, 6.45) is 12.0. The van der Waals surface area contributed by atoms with Crippen molar-refractivity contribution >= 4 is 0 Å². The highest BCUT2D eigenvalue weighted by molar-refractivity contribution is 5.44. The molecule has 0 radical (unpaired) electrons. The van der Waals surface area contributed by atoms with Crippen LogP contribution in [0.3, 0.4) is 0 Å². The van der Waals surface area contributed by atoms with Gasteiger partial charge in [-0.05, 0) is 18.3 Å². The van der Waals surface area contributed by atoms with Gasteiger partial charge in [0, 0.05) is 11.1 Å². The molecule has 0 aliphatic rings. The molecular weight excluding hydrogens is 284 g/mol. The summed E-state index contributed by atoms with van der Waals surface area (Å²) in [7, 11) is 0. The van der Waals surface area contributed by atoms with Crippen molar-refractivity contribution in [2.45, 2.75) is 97.3 Å². The number of para-hydroxylation sites is 1. The Labute approximate surface area is 143 Å². The monoisotopic (exact) mass is 320 g/mol. The van der Waals surface area contributed by atoms with Gasteiger partial charge in [0.15, 0.2) is 5.75 Å². The van der Waals surface area contributed by atoms with Gasteiger partial charge in [0.05, 0.1) is 0 Å². The highest BCUT2D eigenvalue weighted by Crippen LogP contribution is 2.36. The number of benzene rings is 1. The molecule has 2 heteroatoms. The maximum absolute atomic E-state index is 9.31. The van der Waals surface area contributed by atoms with Gasteiger partial charge in [-0.25, -0.2) is 5.26 Å². The zero-order valence-corrected chi connectivity index (χ0v) is 15.6. The highest BCUT2D eigenvalue weighted by Gasteiger charge is 2.17. The van der Waals surface area contributed by atoms with Crippen LogP contribution in [0, 0.1) is 0 Å². The lowest BCUT2D eigenvalue weighted by Gasteiger charge is -2.18. The molecule has 23 heavy (non-hydrogen) atoms. The third-order valence-electron chi connectivity index (χ3n) is 4.81. The molecule has 0 saturated carbocycles. The minimum Gasteiger partial charge on any atom is -0.340 e. The highest BCUT2D eigenvalue weighted by atomic mass is 17.1. The standard InChI is InChI=1S/C21H36O2/c1-5-6-7-8-9-10-11-12-14-18(4)20-16-13-15-19(17(2)3)21(20)23-22/h13,15-18,22H,5-12,14H2,1-4H3. The molecule has 1 aromatic rings. The molecule has 1 unspecified atom stereocenters. The largest absolute Gasteiger partial charge is 0.340 e. The lowest BCUT2D eigenvalue weighted by atomic mass is 9.90. The molecular formula is C21H36O2. The van der Waals surface area contributed by atoms with Crippen LogP contribution in [0.15, 0.2) is 18.2 Å². The summed E-state index contributed by atoms with van der Waals surface area (Å²) >= 11 is 0. The lowest BCUT2D eigenvalue weighted by Crippen LogP contribution is -2.02. The first-order valence-electron chi connectivity index (χ1n) is 9.56. The van der Waals surface area contributed by atoms with E-state index < -0.39 is 0 Å². The van der Waals surface area contributed by atoms with Crippen molar-refractivity contribution in [3.8, 4) is 5.75 Å². The van der Waals surface area contributed by atoms with Crippen molar-refractivity contribution in [1.29, 1.82) is 0 Å². The van der Waals surface area contributed by atoms with E-state index in [0.717, 1.165) is 17.5 Å². The molecule has 1 aromatic carbocycles. The van der Waals surface area contributed by atoms with Gasteiger partial charge in [-0.15, -0.1) is 0 Å². The fourth-order valence-electron chi connectivity index (χ4n) is 3.26. The van der Waals surface area contributed by atoms with Crippen molar-refractivity contribution in [1.82, 2.24) is 0 Å². The van der Waals surface area contributed by atoms with E-state index in [1.807, 2.05) is 6.07 Å². The average molecular weight is 321 g/mol. The normalized spacial score (nSPS) is 12.6. The van der Waals surface area contributed by atoms with Crippen molar-refractivity contribution in [3.05, 3.63) is 29.3 Å². The van der Waals surface area contributed by atoms with Gasteiger partial charge in [-0.2, -0.15) is 0 Å². The fraction of sp³-hybridized carbons (Fsp3) is 0.714. The minimum absolute atomic E-state index is 0.354. The number of rotatable bonds is 12. The van der Waals surface area contributed by atoms with Crippen molar-refractivity contribution in [3.63, 3.8) is 0 Å². The smallest absolute Gasteiger partial charge is 0.172 e. The molecule has 1 atom stereocenters. The number of hydrogen-bond donors (Lipinski definition) is 1. The Kier molecular flexibility index (Phi) is 10.0. The summed E-state index contributed by atoms with van der Waals surface area (Å²) in [4.78, 5) is 4.74. The first-order chi connectivity index (χ1) is 11.1. The third-order valence-corrected chi connectivity index (χ3v) is 4.81. The molecule has 132 valence electrons. The first-order valence-corrected chi connectivity index (χ1v) is 9.56. The number of hydrogen-bond acceptors (Lipinski definition) is 2. The number of unbranched alkanes of at least 4 members (excludes halogenated alkanes) is 7. The molecule has 0 heterocycles. The van der Waals surface area contributed by atoms with E-state index in [0.29, 0.717) is 17.6 Å². The Balaban J connectivity index is 2.40. The molecule has 0 amide bonds. The topological polar surface area (TPSA) is 29.5 Å². The Morgan fingerprint density at radius 2 is 1.43 bits per heavy atom. The van der Waals surface area contributed by atoms with E-state index >= 15 is 0 Å². The van der Waals surface area contributed by atoms with E-state index in [1.165, 1.54) is 51.4 Å². The van der Waals surface area contributed by atoms with E-state index in [9.17, 15) is 5.26 Å². The third kappa shape index (κ3) is 6.95. The SMILES string of the molecule is CCCCCCCCCCC(C)c1cccc(C(C)C)c1OO. The molecule has 0 bridgehead atoms. The molecule has 0 spiro atoms. The van der Waals surface area contributed by atoms with Crippen LogP contribution >= 0.6 is 0 Å². The van der Waals surface area contributed by atoms with E-state index in [-0.39, 0.29) is 0 Å². The van der Waals surface area contributed by atoms with E-state index in [4.69, 9.17) is 4.89 Å². The van der Waals surface area contributed by atoms with Crippen LogP contribution in [0.25, 0.3) is 0 Å². The summed E-state index contributed by atoms with van der Waals surface area (Å²) < 4.78 is 0. The van der Waals surface area contributed by atoms with Gasteiger partial charge in [-0.1, -0.05) is 97.3 Å².